The van der Waals surface area contributed by atoms with Gasteiger partial charge >= 0.3 is 0 Å². The molecule has 1 N–H and O–H groups in total. The molecule has 3 nitrogen and oxygen atoms in total. The predicted octanol–water partition coefficient (Wildman–Crippen LogP) is 3.18. The molecule has 0 aliphatic carbocycles. The van der Waals surface area contributed by atoms with Crippen molar-refractivity contribution in [1.29, 1.82) is 5.26 Å². The minimum absolute atomic E-state index is 0. The van der Waals surface area contributed by atoms with E-state index in [4.69, 9.17) is 16.9 Å². The summed E-state index contributed by atoms with van der Waals surface area (Å²) < 4.78 is 13.9. The van der Waals surface area contributed by atoms with Crippen LogP contribution >= 0.6 is 36.4 Å². The van der Waals surface area contributed by atoms with Crippen LogP contribution in [0.4, 0.5) is 4.39 Å². The van der Waals surface area contributed by atoms with Gasteiger partial charge in [0.2, 0.25) is 0 Å². The lowest BCUT2D eigenvalue weighted by molar-refractivity contribution is 0.172. The van der Waals surface area contributed by atoms with Crippen molar-refractivity contribution < 1.29 is 4.39 Å². The van der Waals surface area contributed by atoms with Gasteiger partial charge in [0, 0.05) is 36.8 Å². The Morgan fingerprint density at radius 3 is 2.55 bits per heavy atom. The summed E-state index contributed by atoms with van der Waals surface area (Å²) in [5, 5.41) is 12.6. The largest absolute Gasteiger partial charge is 0.314 e. The molecular weight excluding hydrogens is 324 g/mol. The van der Waals surface area contributed by atoms with E-state index in [1.807, 2.05) is 0 Å². The first-order valence-corrected chi connectivity index (χ1v) is 6.37. The van der Waals surface area contributed by atoms with E-state index in [2.05, 4.69) is 16.3 Å². The fourth-order valence-electron chi connectivity index (χ4n) is 2.29. The molecule has 0 spiro atoms. The zero-order valence-electron chi connectivity index (χ0n) is 10.8. The SMILES string of the molecule is Cl.Cl.N#CC[C@@H](c1ccc(Cl)cc1F)N1CCNCC1. The number of halogens is 4. The Morgan fingerprint density at radius 1 is 1.35 bits per heavy atom. The van der Waals surface area contributed by atoms with E-state index in [9.17, 15) is 4.39 Å². The molecule has 20 heavy (non-hydrogen) atoms. The zero-order valence-corrected chi connectivity index (χ0v) is 13.2. The van der Waals surface area contributed by atoms with Gasteiger partial charge in [-0.1, -0.05) is 17.7 Å². The first-order chi connectivity index (χ1) is 8.72. The Morgan fingerprint density at radius 2 is 2.00 bits per heavy atom. The molecule has 2 rings (SSSR count). The third-order valence-corrected chi connectivity index (χ3v) is 3.43. The summed E-state index contributed by atoms with van der Waals surface area (Å²) in [5.74, 6) is -0.332. The molecule has 0 saturated carbocycles. The number of rotatable bonds is 3. The Kier molecular flexibility index (Phi) is 9.11. The third kappa shape index (κ3) is 4.76. The van der Waals surface area contributed by atoms with Crippen LogP contribution in [-0.4, -0.2) is 31.1 Å². The molecule has 1 fully saturated rings. The van der Waals surface area contributed by atoms with Gasteiger partial charge < -0.3 is 5.32 Å². The van der Waals surface area contributed by atoms with Gasteiger partial charge in [-0.05, 0) is 12.1 Å². The predicted molar refractivity (Wildman–Crippen MR) is 83.3 cm³/mol. The molecule has 112 valence electrons. The van der Waals surface area contributed by atoms with Gasteiger partial charge in [0.05, 0.1) is 18.5 Å². The van der Waals surface area contributed by atoms with Crippen molar-refractivity contribution in [3.8, 4) is 6.07 Å². The van der Waals surface area contributed by atoms with Crippen LogP contribution in [0.3, 0.4) is 0 Å². The van der Waals surface area contributed by atoms with E-state index in [0.717, 1.165) is 26.2 Å². The van der Waals surface area contributed by atoms with Crippen LogP contribution in [0.2, 0.25) is 5.02 Å². The second kappa shape index (κ2) is 9.38. The van der Waals surface area contributed by atoms with E-state index >= 15 is 0 Å². The molecule has 1 heterocycles. The minimum atomic E-state index is -0.332. The van der Waals surface area contributed by atoms with Crippen LogP contribution in [-0.2, 0) is 0 Å². The van der Waals surface area contributed by atoms with Crippen molar-refractivity contribution in [2.24, 2.45) is 0 Å². The van der Waals surface area contributed by atoms with Gasteiger partial charge in [0.25, 0.3) is 0 Å². The number of piperazine rings is 1. The van der Waals surface area contributed by atoms with E-state index < -0.39 is 0 Å². The van der Waals surface area contributed by atoms with Gasteiger partial charge in [-0.15, -0.1) is 24.8 Å². The van der Waals surface area contributed by atoms with Gasteiger partial charge in [-0.25, -0.2) is 4.39 Å². The summed E-state index contributed by atoms with van der Waals surface area (Å²) in [6.45, 7) is 3.40. The van der Waals surface area contributed by atoms with Crippen molar-refractivity contribution in [2.45, 2.75) is 12.5 Å². The molecule has 0 radical (unpaired) electrons. The van der Waals surface area contributed by atoms with E-state index in [1.54, 1.807) is 12.1 Å². The quantitative estimate of drug-likeness (QED) is 0.918. The van der Waals surface area contributed by atoms with Crippen LogP contribution < -0.4 is 5.32 Å². The minimum Gasteiger partial charge on any atom is -0.314 e. The number of nitrogens with one attached hydrogen (secondary N) is 1. The van der Waals surface area contributed by atoms with Crippen molar-refractivity contribution in [1.82, 2.24) is 10.2 Å². The van der Waals surface area contributed by atoms with E-state index in [0.29, 0.717) is 17.0 Å². The second-order valence-electron chi connectivity index (χ2n) is 4.33. The maximum Gasteiger partial charge on any atom is 0.129 e. The Bertz CT molecular complexity index is 459. The molecule has 1 aliphatic rings. The first-order valence-electron chi connectivity index (χ1n) is 5.99. The highest BCUT2D eigenvalue weighted by molar-refractivity contribution is 6.30. The summed E-state index contributed by atoms with van der Waals surface area (Å²) in [4.78, 5) is 2.14. The Labute approximate surface area is 135 Å². The highest BCUT2D eigenvalue weighted by Crippen LogP contribution is 2.28. The molecule has 0 bridgehead atoms. The average molecular weight is 341 g/mol. The third-order valence-electron chi connectivity index (χ3n) is 3.20. The topological polar surface area (TPSA) is 39.1 Å². The lowest BCUT2D eigenvalue weighted by Gasteiger charge is -2.34. The van der Waals surface area contributed by atoms with Crippen molar-refractivity contribution in [3.05, 3.63) is 34.6 Å². The van der Waals surface area contributed by atoms with E-state index in [-0.39, 0.29) is 36.7 Å². The average Bonchev–Trinajstić information content (AvgIpc) is 2.38. The zero-order chi connectivity index (χ0) is 13.0. The molecule has 1 aromatic carbocycles. The lowest BCUT2D eigenvalue weighted by Crippen LogP contribution is -2.45. The van der Waals surface area contributed by atoms with Crippen LogP contribution in [0.25, 0.3) is 0 Å². The van der Waals surface area contributed by atoms with Crippen LogP contribution in [0.15, 0.2) is 18.2 Å². The molecule has 1 atom stereocenters. The highest BCUT2D eigenvalue weighted by atomic mass is 35.5. The standard InChI is InChI=1S/C13H15ClFN3.2ClH/c14-10-1-2-11(12(15)9-10)13(3-4-16)18-7-5-17-6-8-18;;/h1-2,9,13,17H,3,5-8H2;2*1H/t13-;;/m0../s1. The molecule has 1 aromatic rings. The normalized spacial score (nSPS) is 16.4. The number of nitriles is 1. The molecule has 1 saturated heterocycles. The summed E-state index contributed by atoms with van der Waals surface area (Å²) in [7, 11) is 0. The van der Waals surface area contributed by atoms with Crippen LogP contribution in [0.5, 0.6) is 0 Å². The fourth-order valence-corrected chi connectivity index (χ4v) is 2.45. The number of hydrogen-bond donors (Lipinski definition) is 1. The molecule has 0 unspecified atom stereocenters. The molecule has 0 amide bonds. The lowest BCUT2D eigenvalue weighted by atomic mass is 10.0. The molecule has 1 aliphatic heterocycles. The number of nitrogens with zero attached hydrogens (tertiary/aromatic N) is 2. The van der Waals surface area contributed by atoms with Crippen molar-refractivity contribution >= 4 is 36.4 Å². The maximum atomic E-state index is 13.9. The summed E-state index contributed by atoms with van der Waals surface area (Å²) in [6, 6.07) is 6.62. The summed E-state index contributed by atoms with van der Waals surface area (Å²) in [6.07, 6.45) is 0.290. The number of benzene rings is 1. The second-order valence-corrected chi connectivity index (χ2v) is 4.77. The van der Waals surface area contributed by atoms with Gasteiger partial charge in [0.1, 0.15) is 5.82 Å². The highest BCUT2D eigenvalue weighted by Gasteiger charge is 2.24. The maximum absolute atomic E-state index is 13.9. The molecular formula is C13H17Cl3FN3. The van der Waals surface area contributed by atoms with Crippen molar-refractivity contribution in [2.75, 3.05) is 26.2 Å². The van der Waals surface area contributed by atoms with Gasteiger partial charge in [0.15, 0.2) is 0 Å². The number of hydrogen-bond acceptors (Lipinski definition) is 3. The first kappa shape index (κ1) is 19.4. The van der Waals surface area contributed by atoms with Crippen LogP contribution in [0, 0.1) is 17.1 Å². The smallest absolute Gasteiger partial charge is 0.129 e. The monoisotopic (exact) mass is 339 g/mol. The summed E-state index contributed by atoms with van der Waals surface area (Å²) >= 11 is 5.76. The summed E-state index contributed by atoms with van der Waals surface area (Å²) in [5.41, 5.74) is 0.558. The Balaban J connectivity index is 0.00000180. The van der Waals surface area contributed by atoms with Crippen LogP contribution in [0.1, 0.15) is 18.0 Å². The van der Waals surface area contributed by atoms with Gasteiger partial charge in [-0.3, -0.25) is 4.90 Å². The van der Waals surface area contributed by atoms with Crippen molar-refractivity contribution in [3.63, 3.8) is 0 Å². The van der Waals surface area contributed by atoms with E-state index in [1.165, 1.54) is 6.07 Å². The molecule has 7 heteroatoms. The van der Waals surface area contributed by atoms with Gasteiger partial charge in [-0.2, -0.15) is 5.26 Å². The fraction of sp³-hybridized carbons (Fsp3) is 0.462. The Hall–Kier alpha value is -0.570. The molecule has 0 aromatic heterocycles.